The lowest BCUT2D eigenvalue weighted by atomic mass is 10.1. The van der Waals surface area contributed by atoms with E-state index in [0.29, 0.717) is 28.8 Å². The zero-order valence-electron chi connectivity index (χ0n) is 20.4. The number of carbonyl (C=O) groups excluding carboxylic acids is 2. The van der Waals surface area contributed by atoms with Gasteiger partial charge in [0.15, 0.2) is 0 Å². The molecule has 3 aromatic carbocycles. The summed E-state index contributed by atoms with van der Waals surface area (Å²) in [6.45, 7) is 4.10. The Morgan fingerprint density at radius 2 is 1.67 bits per heavy atom. The van der Waals surface area contributed by atoms with Gasteiger partial charge in [-0.15, -0.1) is 0 Å². The highest BCUT2D eigenvalue weighted by Gasteiger charge is 2.20. The molecular weight excluding hydrogens is 476 g/mol. The Morgan fingerprint density at radius 1 is 1.00 bits per heavy atom. The van der Waals surface area contributed by atoms with Crippen LogP contribution in [0.4, 0.5) is 5.95 Å². The second-order valence-corrected chi connectivity index (χ2v) is 8.69. The molecule has 0 aliphatic carbocycles. The van der Waals surface area contributed by atoms with E-state index in [2.05, 4.69) is 5.32 Å². The van der Waals surface area contributed by atoms with E-state index >= 15 is 0 Å². The van der Waals surface area contributed by atoms with Crippen LogP contribution in [0.1, 0.15) is 22.8 Å². The van der Waals surface area contributed by atoms with Crippen LogP contribution in [0.15, 0.2) is 79.0 Å². The second kappa shape index (κ2) is 11.1. The quantitative estimate of drug-likeness (QED) is 0.340. The number of rotatable bonds is 8. The molecule has 0 aliphatic heterocycles. The zero-order valence-corrected chi connectivity index (χ0v) is 21.1. The van der Waals surface area contributed by atoms with Gasteiger partial charge in [-0.3, -0.25) is 19.5 Å². The van der Waals surface area contributed by atoms with Gasteiger partial charge in [0.2, 0.25) is 11.9 Å². The fourth-order valence-electron chi connectivity index (χ4n) is 3.71. The van der Waals surface area contributed by atoms with Gasteiger partial charge in [0.1, 0.15) is 12.3 Å². The van der Waals surface area contributed by atoms with Crippen LogP contribution in [0.5, 0.6) is 5.75 Å². The summed E-state index contributed by atoms with van der Waals surface area (Å²) in [5, 5.41) is 3.43. The zero-order chi connectivity index (χ0) is 25.7. The van der Waals surface area contributed by atoms with Gasteiger partial charge in [0.25, 0.3) is 5.91 Å². The molecule has 7 nitrogen and oxygen atoms in total. The van der Waals surface area contributed by atoms with Gasteiger partial charge in [0, 0.05) is 34.6 Å². The lowest BCUT2D eigenvalue weighted by Crippen LogP contribution is -2.38. The monoisotopic (exact) mass is 502 g/mol. The fourth-order valence-corrected chi connectivity index (χ4v) is 3.84. The second-order valence-electron chi connectivity index (χ2n) is 8.26. The molecule has 1 heterocycles. The van der Waals surface area contributed by atoms with Crippen molar-refractivity contribution < 1.29 is 14.3 Å². The van der Waals surface area contributed by atoms with Crippen molar-refractivity contribution in [3.63, 3.8) is 0 Å². The van der Waals surface area contributed by atoms with E-state index in [-0.39, 0.29) is 18.4 Å². The molecule has 1 N–H and O–H groups in total. The van der Waals surface area contributed by atoms with Crippen molar-refractivity contribution in [2.45, 2.75) is 13.8 Å². The molecule has 36 heavy (non-hydrogen) atoms. The van der Waals surface area contributed by atoms with Crippen LogP contribution < -0.4 is 10.1 Å². The number of nitrogens with one attached hydrogen (secondary N) is 1. The van der Waals surface area contributed by atoms with Crippen molar-refractivity contribution in [3.8, 4) is 22.7 Å². The van der Waals surface area contributed by atoms with Crippen LogP contribution in [-0.2, 0) is 4.79 Å². The number of aromatic nitrogens is 2. The number of anilines is 1. The fraction of sp³-hybridized carbons (Fsp3) is 0.179. The summed E-state index contributed by atoms with van der Waals surface area (Å²) >= 11 is 5.94. The highest BCUT2D eigenvalue weighted by Crippen LogP contribution is 2.26. The molecule has 4 rings (SSSR count). The summed E-state index contributed by atoms with van der Waals surface area (Å²) in [5.41, 5.74) is 4.02. The number of hydrogen-bond acceptors (Lipinski definition) is 4. The first kappa shape index (κ1) is 25.0. The highest BCUT2D eigenvalue weighted by atomic mass is 35.5. The molecule has 184 valence electrons. The highest BCUT2D eigenvalue weighted by molar-refractivity contribution is 6.30. The average Bonchev–Trinajstić information content (AvgIpc) is 3.31. The van der Waals surface area contributed by atoms with Crippen LogP contribution in [0, 0.1) is 6.92 Å². The number of halogens is 1. The smallest absolute Gasteiger partial charge is 0.254 e. The largest absolute Gasteiger partial charge is 0.497 e. The number of aryl methyl sites for hydroxylation is 1. The minimum atomic E-state index is -0.348. The van der Waals surface area contributed by atoms with Gasteiger partial charge in [-0.1, -0.05) is 29.3 Å². The number of hydrogen-bond donors (Lipinski definition) is 1. The molecule has 0 aliphatic rings. The Kier molecular flexibility index (Phi) is 7.71. The third kappa shape index (κ3) is 5.75. The van der Waals surface area contributed by atoms with Crippen LogP contribution in [0.25, 0.3) is 16.9 Å². The van der Waals surface area contributed by atoms with E-state index in [1.807, 2.05) is 73.1 Å². The van der Waals surface area contributed by atoms with Crippen molar-refractivity contribution in [2.24, 2.45) is 0 Å². The maximum Gasteiger partial charge on any atom is 0.254 e. The topological polar surface area (TPSA) is 76.5 Å². The van der Waals surface area contributed by atoms with E-state index in [4.69, 9.17) is 21.3 Å². The van der Waals surface area contributed by atoms with E-state index in [1.54, 1.807) is 31.4 Å². The van der Waals surface area contributed by atoms with E-state index in [1.165, 1.54) is 4.90 Å². The predicted octanol–water partition coefficient (Wildman–Crippen LogP) is 5.61. The van der Waals surface area contributed by atoms with Gasteiger partial charge in [-0.25, -0.2) is 4.98 Å². The molecule has 2 amide bonds. The minimum absolute atomic E-state index is 0.114. The minimum Gasteiger partial charge on any atom is -0.497 e. The molecule has 0 spiro atoms. The van der Waals surface area contributed by atoms with Crippen molar-refractivity contribution in [2.75, 3.05) is 25.5 Å². The molecule has 0 fully saturated rings. The van der Waals surface area contributed by atoms with Gasteiger partial charge in [-0.2, -0.15) is 0 Å². The number of amides is 2. The number of methoxy groups -OCH3 is 1. The first-order valence-electron chi connectivity index (χ1n) is 11.5. The summed E-state index contributed by atoms with van der Waals surface area (Å²) in [6, 6.07) is 22.1. The Balaban J connectivity index is 1.59. The lowest BCUT2D eigenvalue weighted by molar-refractivity contribution is -0.116. The first-order valence-corrected chi connectivity index (χ1v) is 11.9. The molecule has 0 bridgehead atoms. The summed E-state index contributed by atoms with van der Waals surface area (Å²) in [4.78, 5) is 32.1. The Hall–Kier alpha value is -4.10. The standard InChI is InChI=1S/C28H27ClN4O3/c1-4-32(27(35)21-7-11-22(29)12-8-21)18-26(34)31-28-30-25(20-9-15-24(36-3)16-10-20)17-33(28)23-13-5-19(2)6-14-23/h5-17H,4,18H2,1-3H3,(H,30,31,34). The average molecular weight is 503 g/mol. The Labute approximate surface area is 215 Å². The van der Waals surface area contributed by atoms with Crippen LogP contribution in [-0.4, -0.2) is 46.5 Å². The molecule has 0 atom stereocenters. The molecule has 8 heteroatoms. The number of nitrogens with zero attached hydrogens (tertiary/aromatic N) is 3. The van der Waals surface area contributed by atoms with E-state index in [0.717, 1.165) is 22.6 Å². The van der Waals surface area contributed by atoms with Crippen LogP contribution in [0.2, 0.25) is 5.02 Å². The maximum atomic E-state index is 13.0. The van der Waals surface area contributed by atoms with E-state index in [9.17, 15) is 9.59 Å². The molecule has 0 saturated carbocycles. The SMILES string of the molecule is CCN(CC(=O)Nc1nc(-c2ccc(OC)cc2)cn1-c1ccc(C)cc1)C(=O)c1ccc(Cl)cc1. The molecule has 1 aromatic heterocycles. The molecule has 0 radical (unpaired) electrons. The number of imidazole rings is 1. The number of carbonyl (C=O) groups is 2. The van der Waals surface area contributed by atoms with Gasteiger partial charge in [-0.05, 0) is 74.5 Å². The number of benzene rings is 3. The summed E-state index contributed by atoms with van der Waals surface area (Å²) in [5.74, 6) is 0.518. The lowest BCUT2D eigenvalue weighted by Gasteiger charge is -2.20. The summed E-state index contributed by atoms with van der Waals surface area (Å²) in [6.07, 6.45) is 1.87. The molecule has 0 saturated heterocycles. The number of ether oxygens (including phenoxy) is 1. The third-order valence-corrected chi connectivity index (χ3v) is 6.00. The van der Waals surface area contributed by atoms with Crippen LogP contribution >= 0.6 is 11.6 Å². The Morgan fingerprint density at radius 3 is 2.28 bits per heavy atom. The van der Waals surface area contributed by atoms with Crippen molar-refractivity contribution in [3.05, 3.63) is 95.1 Å². The van der Waals surface area contributed by atoms with Crippen molar-refractivity contribution in [1.29, 1.82) is 0 Å². The molecular formula is C28H27ClN4O3. The normalized spacial score (nSPS) is 10.7. The predicted molar refractivity (Wildman–Crippen MR) is 142 cm³/mol. The third-order valence-electron chi connectivity index (χ3n) is 5.75. The maximum absolute atomic E-state index is 13.0. The molecule has 4 aromatic rings. The van der Waals surface area contributed by atoms with Crippen molar-refractivity contribution in [1.82, 2.24) is 14.5 Å². The Bertz CT molecular complexity index is 1350. The first-order chi connectivity index (χ1) is 17.4. The summed E-state index contributed by atoms with van der Waals surface area (Å²) in [7, 11) is 1.62. The molecule has 0 unspecified atom stereocenters. The van der Waals surface area contributed by atoms with Gasteiger partial charge in [0.05, 0.1) is 12.8 Å². The van der Waals surface area contributed by atoms with Crippen molar-refractivity contribution >= 4 is 29.4 Å². The van der Waals surface area contributed by atoms with Crippen LogP contribution in [0.3, 0.4) is 0 Å². The number of likely N-dealkylation sites (N-methyl/N-ethyl adjacent to an activating group) is 1. The van der Waals surface area contributed by atoms with Gasteiger partial charge >= 0.3 is 0 Å². The van der Waals surface area contributed by atoms with E-state index < -0.39 is 0 Å². The van der Waals surface area contributed by atoms with Gasteiger partial charge < -0.3 is 9.64 Å². The summed E-state index contributed by atoms with van der Waals surface area (Å²) < 4.78 is 7.08.